The minimum atomic E-state index is 0.495. The molecule has 2 unspecified atom stereocenters. The minimum Gasteiger partial charge on any atom is -0.378 e. The lowest BCUT2D eigenvalue weighted by Gasteiger charge is -2.31. The van der Waals surface area contributed by atoms with E-state index < -0.39 is 0 Å². The topological polar surface area (TPSA) is 24.5 Å². The lowest BCUT2D eigenvalue weighted by molar-refractivity contribution is -0.0000997. The van der Waals surface area contributed by atoms with Crippen molar-refractivity contribution >= 4 is 0 Å². The third-order valence-corrected chi connectivity index (χ3v) is 4.78. The minimum absolute atomic E-state index is 0.495. The lowest BCUT2D eigenvalue weighted by Crippen LogP contribution is -2.40. The molecule has 0 aromatic carbocycles. The molecule has 0 amide bonds. The van der Waals surface area contributed by atoms with Gasteiger partial charge in [-0.25, -0.2) is 0 Å². The van der Waals surface area contributed by atoms with Crippen LogP contribution in [0.15, 0.2) is 0 Å². The summed E-state index contributed by atoms with van der Waals surface area (Å²) in [5.41, 5.74) is 0. The maximum Gasteiger partial charge on any atom is 0.0587 e. The average molecular weight is 268 g/mol. The van der Waals surface area contributed by atoms with Crippen molar-refractivity contribution in [1.29, 1.82) is 0 Å². The molecule has 2 aliphatic heterocycles. The van der Waals surface area contributed by atoms with Gasteiger partial charge in [0, 0.05) is 12.6 Å². The SMILES string of the molecule is CCC1CC(NCCCN2CCC(C)CC2)CCO1. The van der Waals surface area contributed by atoms with Crippen molar-refractivity contribution in [2.45, 2.75) is 64.5 Å². The number of hydrogen-bond donors (Lipinski definition) is 1. The van der Waals surface area contributed by atoms with Crippen LogP contribution in [0.25, 0.3) is 0 Å². The standard InChI is InChI=1S/C16H32N2O/c1-3-16-13-15(7-12-19-16)17-8-4-9-18-10-5-14(2)6-11-18/h14-17H,3-13H2,1-2H3. The summed E-state index contributed by atoms with van der Waals surface area (Å²) in [5.74, 6) is 0.947. The molecule has 0 saturated carbocycles. The van der Waals surface area contributed by atoms with Crippen molar-refractivity contribution in [2.24, 2.45) is 5.92 Å². The van der Waals surface area contributed by atoms with E-state index in [1.165, 1.54) is 58.3 Å². The number of hydrogen-bond acceptors (Lipinski definition) is 3. The Morgan fingerprint density at radius 3 is 2.74 bits per heavy atom. The highest BCUT2D eigenvalue weighted by molar-refractivity contribution is 4.76. The Morgan fingerprint density at radius 2 is 2.00 bits per heavy atom. The Balaban J connectivity index is 1.52. The maximum absolute atomic E-state index is 5.72. The van der Waals surface area contributed by atoms with Crippen LogP contribution >= 0.6 is 0 Å². The molecule has 2 atom stereocenters. The summed E-state index contributed by atoms with van der Waals surface area (Å²) in [6, 6.07) is 0.695. The normalized spacial score (nSPS) is 30.6. The fraction of sp³-hybridized carbons (Fsp3) is 1.00. The van der Waals surface area contributed by atoms with E-state index in [1.807, 2.05) is 0 Å². The number of likely N-dealkylation sites (tertiary alicyclic amines) is 1. The van der Waals surface area contributed by atoms with Gasteiger partial charge in [0.05, 0.1) is 6.10 Å². The zero-order valence-electron chi connectivity index (χ0n) is 12.9. The van der Waals surface area contributed by atoms with Gasteiger partial charge in [0.25, 0.3) is 0 Å². The highest BCUT2D eigenvalue weighted by atomic mass is 16.5. The average Bonchev–Trinajstić information content (AvgIpc) is 2.46. The highest BCUT2D eigenvalue weighted by Gasteiger charge is 2.20. The Labute approximate surface area is 119 Å². The first-order valence-corrected chi connectivity index (χ1v) is 8.35. The van der Waals surface area contributed by atoms with Gasteiger partial charge in [0.1, 0.15) is 0 Å². The number of piperidine rings is 1. The molecule has 112 valence electrons. The first-order chi connectivity index (χ1) is 9.28. The molecule has 2 fully saturated rings. The van der Waals surface area contributed by atoms with Crippen LogP contribution in [0.1, 0.15) is 52.4 Å². The summed E-state index contributed by atoms with van der Waals surface area (Å²) in [7, 11) is 0. The molecule has 2 saturated heterocycles. The molecule has 3 nitrogen and oxygen atoms in total. The molecule has 0 aromatic rings. The molecule has 2 heterocycles. The molecule has 0 aliphatic carbocycles. The van der Waals surface area contributed by atoms with Gasteiger partial charge >= 0.3 is 0 Å². The van der Waals surface area contributed by atoms with Crippen LogP contribution < -0.4 is 5.32 Å². The second kappa shape index (κ2) is 8.23. The zero-order valence-corrected chi connectivity index (χ0v) is 12.9. The summed E-state index contributed by atoms with van der Waals surface area (Å²) < 4.78 is 5.72. The van der Waals surface area contributed by atoms with Crippen LogP contribution in [0.2, 0.25) is 0 Å². The van der Waals surface area contributed by atoms with Crippen molar-refractivity contribution in [3.8, 4) is 0 Å². The van der Waals surface area contributed by atoms with Crippen LogP contribution in [0.4, 0.5) is 0 Å². The molecule has 0 radical (unpaired) electrons. The largest absolute Gasteiger partial charge is 0.378 e. The fourth-order valence-electron chi connectivity index (χ4n) is 3.24. The van der Waals surface area contributed by atoms with Crippen LogP contribution in [0.5, 0.6) is 0 Å². The van der Waals surface area contributed by atoms with Crippen LogP contribution in [-0.4, -0.2) is 49.8 Å². The summed E-state index contributed by atoms with van der Waals surface area (Å²) in [4.78, 5) is 2.64. The monoisotopic (exact) mass is 268 g/mol. The van der Waals surface area contributed by atoms with E-state index in [9.17, 15) is 0 Å². The molecule has 2 rings (SSSR count). The second-order valence-electron chi connectivity index (χ2n) is 6.45. The Kier molecular flexibility index (Phi) is 6.62. The van der Waals surface area contributed by atoms with Crippen molar-refractivity contribution in [3.63, 3.8) is 0 Å². The van der Waals surface area contributed by atoms with Gasteiger partial charge in [0.15, 0.2) is 0 Å². The predicted octanol–water partition coefficient (Wildman–Crippen LogP) is 2.66. The number of nitrogens with zero attached hydrogens (tertiary/aromatic N) is 1. The molecule has 0 spiro atoms. The molecule has 3 heteroatoms. The molecule has 0 bridgehead atoms. The van der Waals surface area contributed by atoms with Gasteiger partial charge < -0.3 is 15.0 Å². The van der Waals surface area contributed by atoms with Gasteiger partial charge in [-0.1, -0.05) is 13.8 Å². The van der Waals surface area contributed by atoms with Crippen LogP contribution in [0.3, 0.4) is 0 Å². The third kappa shape index (κ3) is 5.41. The Bertz CT molecular complexity index is 239. The number of nitrogens with one attached hydrogen (secondary N) is 1. The molecular formula is C16H32N2O. The second-order valence-corrected chi connectivity index (χ2v) is 6.45. The van der Waals surface area contributed by atoms with E-state index in [2.05, 4.69) is 24.1 Å². The van der Waals surface area contributed by atoms with Crippen LogP contribution in [0, 0.1) is 5.92 Å². The van der Waals surface area contributed by atoms with Crippen molar-refractivity contribution in [3.05, 3.63) is 0 Å². The zero-order chi connectivity index (χ0) is 13.5. The maximum atomic E-state index is 5.72. The number of rotatable bonds is 6. The van der Waals surface area contributed by atoms with Gasteiger partial charge in [-0.15, -0.1) is 0 Å². The van der Waals surface area contributed by atoms with Crippen molar-refractivity contribution < 1.29 is 4.74 Å². The predicted molar refractivity (Wildman–Crippen MR) is 80.5 cm³/mol. The fourth-order valence-corrected chi connectivity index (χ4v) is 3.24. The van der Waals surface area contributed by atoms with E-state index in [4.69, 9.17) is 4.74 Å². The molecule has 1 N–H and O–H groups in total. The molecule has 0 aromatic heterocycles. The van der Waals surface area contributed by atoms with E-state index in [0.717, 1.165) is 18.9 Å². The van der Waals surface area contributed by atoms with E-state index in [1.54, 1.807) is 0 Å². The molecule has 19 heavy (non-hydrogen) atoms. The summed E-state index contributed by atoms with van der Waals surface area (Å²) in [6.45, 7) is 10.6. The Morgan fingerprint density at radius 1 is 1.21 bits per heavy atom. The molecular weight excluding hydrogens is 236 g/mol. The summed E-state index contributed by atoms with van der Waals surface area (Å²) >= 11 is 0. The summed E-state index contributed by atoms with van der Waals surface area (Å²) in [5, 5.41) is 3.73. The first kappa shape index (κ1) is 15.3. The van der Waals surface area contributed by atoms with Crippen molar-refractivity contribution in [2.75, 3.05) is 32.8 Å². The molecule has 2 aliphatic rings. The quantitative estimate of drug-likeness (QED) is 0.750. The number of ether oxygens (including phenoxy) is 1. The van der Waals surface area contributed by atoms with E-state index in [-0.39, 0.29) is 0 Å². The van der Waals surface area contributed by atoms with E-state index >= 15 is 0 Å². The van der Waals surface area contributed by atoms with E-state index in [0.29, 0.717) is 12.1 Å². The van der Waals surface area contributed by atoms with Gasteiger partial charge in [-0.3, -0.25) is 0 Å². The van der Waals surface area contributed by atoms with Gasteiger partial charge in [-0.05, 0) is 70.6 Å². The van der Waals surface area contributed by atoms with Crippen molar-refractivity contribution in [1.82, 2.24) is 10.2 Å². The highest BCUT2D eigenvalue weighted by Crippen LogP contribution is 2.17. The lowest BCUT2D eigenvalue weighted by atomic mass is 9.99. The van der Waals surface area contributed by atoms with Gasteiger partial charge in [-0.2, -0.15) is 0 Å². The smallest absolute Gasteiger partial charge is 0.0587 e. The van der Waals surface area contributed by atoms with Gasteiger partial charge in [0.2, 0.25) is 0 Å². The third-order valence-electron chi connectivity index (χ3n) is 4.78. The first-order valence-electron chi connectivity index (χ1n) is 8.35. The Hall–Kier alpha value is -0.120. The summed E-state index contributed by atoms with van der Waals surface area (Å²) in [6.07, 6.45) is 8.13. The van der Waals surface area contributed by atoms with Crippen LogP contribution in [-0.2, 0) is 4.74 Å².